The Hall–Kier alpha value is -2.30. The second-order valence-corrected chi connectivity index (χ2v) is 4.98. The third-order valence-corrected chi connectivity index (χ3v) is 3.26. The molecule has 0 aliphatic rings. The number of halogens is 1. The molecule has 1 aromatic carbocycles. The Labute approximate surface area is 131 Å². The molecular formula is C17H23FN4. The fraction of sp³-hybridized carbons (Fsp3) is 0.353. The molecule has 0 aliphatic carbocycles. The van der Waals surface area contributed by atoms with E-state index in [2.05, 4.69) is 20.2 Å². The third-order valence-electron chi connectivity index (χ3n) is 3.26. The van der Waals surface area contributed by atoms with Crippen molar-refractivity contribution < 1.29 is 4.39 Å². The molecule has 0 aliphatic heterocycles. The quantitative estimate of drug-likeness (QED) is 0.609. The molecule has 0 radical (unpaired) electrons. The first-order chi connectivity index (χ1) is 10.8. The molecule has 1 aromatic heterocycles. The van der Waals surface area contributed by atoms with Crippen molar-refractivity contribution >= 4 is 5.96 Å². The molecule has 0 unspecified atom stereocenters. The first-order valence-electron chi connectivity index (χ1n) is 7.65. The minimum atomic E-state index is -0.202. The van der Waals surface area contributed by atoms with Gasteiger partial charge in [-0.15, -0.1) is 0 Å². The molecule has 118 valence electrons. The number of guanidine groups is 1. The Morgan fingerprint density at radius 3 is 2.55 bits per heavy atom. The second kappa shape index (κ2) is 8.87. The largest absolute Gasteiger partial charge is 0.357 e. The Morgan fingerprint density at radius 2 is 1.86 bits per heavy atom. The van der Waals surface area contributed by atoms with Crippen LogP contribution >= 0.6 is 0 Å². The number of hydrogen-bond acceptors (Lipinski definition) is 1. The molecule has 0 saturated heterocycles. The molecule has 2 N–H and O–H groups in total. The van der Waals surface area contributed by atoms with Gasteiger partial charge in [0.05, 0.1) is 0 Å². The summed E-state index contributed by atoms with van der Waals surface area (Å²) in [4.78, 5) is 4.54. The molecule has 2 aromatic rings. The molecule has 0 amide bonds. The van der Waals surface area contributed by atoms with Crippen LogP contribution in [-0.4, -0.2) is 30.2 Å². The lowest BCUT2D eigenvalue weighted by molar-refractivity contribution is 0.627. The van der Waals surface area contributed by atoms with E-state index >= 15 is 0 Å². The molecule has 0 fully saturated rings. The van der Waals surface area contributed by atoms with Crippen molar-refractivity contribution in [1.29, 1.82) is 0 Å². The van der Waals surface area contributed by atoms with Gasteiger partial charge in [0, 0.05) is 38.6 Å². The van der Waals surface area contributed by atoms with E-state index in [-0.39, 0.29) is 5.82 Å². The zero-order valence-electron chi connectivity index (χ0n) is 12.9. The van der Waals surface area contributed by atoms with Crippen LogP contribution in [0.4, 0.5) is 4.39 Å². The van der Waals surface area contributed by atoms with Crippen LogP contribution < -0.4 is 10.6 Å². The van der Waals surface area contributed by atoms with E-state index in [1.165, 1.54) is 12.1 Å². The highest BCUT2D eigenvalue weighted by Crippen LogP contribution is 2.03. The van der Waals surface area contributed by atoms with E-state index in [0.717, 1.165) is 37.6 Å². The van der Waals surface area contributed by atoms with Gasteiger partial charge in [-0.2, -0.15) is 0 Å². The van der Waals surface area contributed by atoms with Gasteiger partial charge < -0.3 is 15.2 Å². The minimum Gasteiger partial charge on any atom is -0.357 e. The van der Waals surface area contributed by atoms with E-state index in [9.17, 15) is 4.39 Å². The van der Waals surface area contributed by atoms with Crippen molar-refractivity contribution in [2.75, 3.05) is 19.6 Å². The predicted molar refractivity (Wildman–Crippen MR) is 88.5 cm³/mol. The summed E-state index contributed by atoms with van der Waals surface area (Å²) in [5.74, 6) is 0.615. The topological polar surface area (TPSA) is 41.4 Å². The van der Waals surface area contributed by atoms with Gasteiger partial charge in [0.1, 0.15) is 5.82 Å². The van der Waals surface area contributed by atoms with Gasteiger partial charge in [0.15, 0.2) is 5.96 Å². The van der Waals surface area contributed by atoms with Crippen molar-refractivity contribution in [1.82, 2.24) is 15.2 Å². The van der Waals surface area contributed by atoms with Gasteiger partial charge in [-0.25, -0.2) is 4.39 Å². The lowest BCUT2D eigenvalue weighted by Gasteiger charge is -2.11. The summed E-state index contributed by atoms with van der Waals surface area (Å²) in [6.45, 7) is 5.26. The normalized spacial score (nSPS) is 11.5. The van der Waals surface area contributed by atoms with Crippen LogP contribution in [0.3, 0.4) is 0 Å². The SMILES string of the molecule is CCNC(=NCCc1ccc(F)cc1)NCCn1cccc1. The standard InChI is InChI=1S/C17H23FN4/c1-2-19-17(21-11-14-22-12-3-4-13-22)20-10-9-15-5-7-16(18)8-6-15/h3-8,12-13H,2,9-11,14H2,1H3,(H2,19,20,21). The van der Waals surface area contributed by atoms with Crippen LogP contribution in [0.1, 0.15) is 12.5 Å². The van der Waals surface area contributed by atoms with E-state index in [1.54, 1.807) is 12.1 Å². The third kappa shape index (κ3) is 5.60. The molecule has 5 heteroatoms. The van der Waals surface area contributed by atoms with E-state index in [0.29, 0.717) is 6.54 Å². The van der Waals surface area contributed by atoms with E-state index < -0.39 is 0 Å². The number of benzene rings is 1. The van der Waals surface area contributed by atoms with Crippen LogP contribution in [0, 0.1) is 5.82 Å². The highest BCUT2D eigenvalue weighted by atomic mass is 19.1. The zero-order valence-corrected chi connectivity index (χ0v) is 12.9. The lowest BCUT2D eigenvalue weighted by Crippen LogP contribution is -2.39. The number of nitrogens with zero attached hydrogens (tertiary/aromatic N) is 2. The Bertz CT molecular complexity index is 561. The van der Waals surface area contributed by atoms with Crippen molar-refractivity contribution in [2.24, 2.45) is 4.99 Å². The van der Waals surface area contributed by atoms with Crippen LogP contribution in [0.2, 0.25) is 0 Å². The number of aromatic nitrogens is 1. The minimum absolute atomic E-state index is 0.202. The van der Waals surface area contributed by atoms with Crippen LogP contribution in [0.5, 0.6) is 0 Å². The first kappa shape index (κ1) is 16.1. The molecule has 0 atom stereocenters. The highest BCUT2D eigenvalue weighted by molar-refractivity contribution is 5.79. The van der Waals surface area contributed by atoms with E-state index in [1.807, 2.05) is 31.5 Å². The maximum absolute atomic E-state index is 12.8. The molecular weight excluding hydrogens is 279 g/mol. The summed E-state index contributed by atoms with van der Waals surface area (Å²) in [7, 11) is 0. The summed E-state index contributed by atoms with van der Waals surface area (Å²) in [5.41, 5.74) is 1.09. The summed E-state index contributed by atoms with van der Waals surface area (Å²) in [5, 5.41) is 6.54. The van der Waals surface area contributed by atoms with Crippen LogP contribution in [-0.2, 0) is 13.0 Å². The van der Waals surface area contributed by atoms with Crippen LogP contribution in [0.25, 0.3) is 0 Å². The molecule has 22 heavy (non-hydrogen) atoms. The summed E-state index contributed by atoms with van der Waals surface area (Å²) < 4.78 is 15.0. The fourth-order valence-electron chi connectivity index (χ4n) is 2.11. The van der Waals surface area contributed by atoms with Gasteiger partial charge in [-0.1, -0.05) is 12.1 Å². The summed E-state index contributed by atoms with van der Waals surface area (Å²) in [6, 6.07) is 10.6. The number of nitrogens with one attached hydrogen (secondary N) is 2. The van der Waals surface area contributed by atoms with Gasteiger partial charge in [-0.05, 0) is 43.2 Å². The van der Waals surface area contributed by atoms with Crippen molar-refractivity contribution in [3.63, 3.8) is 0 Å². The maximum Gasteiger partial charge on any atom is 0.191 e. The Kier molecular flexibility index (Phi) is 6.48. The fourth-order valence-corrected chi connectivity index (χ4v) is 2.11. The van der Waals surface area contributed by atoms with Gasteiger partial charge in [-0.3, -0.25) is 4.99 Å². The predicted octanol–water partition coefficient (Wildman–Crippen LogP) is 2.43. The lowest BCUT2D eigenvalue weighted by atomic mass is 10.1. The van der Waals surface area contributed by atoms with Gasteiger partial charge >= 0.3 is 0 Å². The molecule has 0 saturated carbocycles. The van der Waals surface area contributed by atoms with Crippen molar-refractivity contribution in [2.45, 2.75) is 19.9 Å². The van der Waals surface area contributed by atoms with Gasteiger partial charge in [0.2, 0.25) is 0 Å². The van der Waals surface area contributed by atoms with Crippen molar-refractivity contribution in [3.05, 3.63) is 60.2 Å². The zero-order chi connectivity index (χ0) is 15.6. The summed E-state index contributed by atoms with van der Waals surface area (Å²) in [6.07, 6.45) is 4.88. The molecule has 0 spiro atoms. The van der Waals surface area contributed by atoms with E-state index in [4.69, 9.17) is 0 Å². The Balaban J connectivity index is 1.77. The monoisotopic (exact) mass is 302 g/mol. The molecule has 2 rings (SSSR count). The molecule has 1 heterocycles. The number of hydrogen-bond donors (Lipinski definition) is 2. The summed E-state index contributed by atoms with van der Waals surface area (Å²) >= 11 is 0. The second-order valence-electron chi connectivity index (χ2n) is 4.98. The average molecular weight is 302 g/mol. The Morgan fingerprint density at radius 1 is 1.14 bits per heavy atom. The number of rotatable bonds is 7. The highest BCUT2D eigenvalue weighted by Gasteiger charge is 1.98. The molecule has 4 nitrogen and oxygen atoms in total. The average Bonchev–Trinajstić information content (AvgIpc) is 3.02. The van der Waals surface area contributed by atoms with Crippen molar-refractivity contribution in [3.8, 4) is 0 Å². The van der Waals surface area contributed by atoms with Crippen LogP contribution in [0.15, 0.2) is 53.8 Å². The number of aliphatic imine (C=N–C) groups is 1. The first-order valence-corrected chi connectivity index (χ1v) is 7.65. The molecule has 0 bridgehead atoms. The van der Waals surface area contributed by atoms with Gasteiger partial charge in [0.25, 0.3) is 0 Å². The smallest absolute Gasteiger partial charge is 0.191 e. The maximum atomic E-state index is 12.8.